The first-order valence-corrected chi connectivity index (χ1v) is 5.25. The highest BCUT2D eigenvalue weighted by molar-refractivity contribution is 6.04. The monoisotopic (exact) mass is 274 g/mol. The fourth-order valence-corrected chi connectivity index (χ4v) is 1.40. The van der Waals surface area contributed by atoms with Crippen molar-refractivity contribution in [1.29, 1.82) is 0 Å². The number of aromatic nitrogens is 1. The van der Waals surface area contributed by atoms with Crippen LogP contribution in [0.3, 0.4) is 0 Å². The second-order valence-electron chi connectivity index (χ2n) is 3.47. The maximum absolute atomic E-state index is 10.9. The molecule has 0 bridgehead atoms. The maximum Gasteiger partial charge on any atom is 0.382 e. The number of carbonyl (C=O) groups is 3. The van der Waals surface area contributed by atoms with Crippen molar-refractivity contribution in [3.63, 3.8) is 0 Å². The van der Waals surface area contributed by atoms with Gasteiger partial charge in [0, 0.05) is 23.4 Å². The predicted octanol–water partition coefficient (Wildman–Crippen LogP) is 0.426. The van der Waals surface area contributed by atoms with E-state index in [4.69, 9.17) is 15.9 Å². The van der Waals surface area contributed by atoms with Gasteiger partial charge in [0.15, 0.2) is 0 Å². The quantitative estimate of drug-likeness (QED) is 0.559. The van der Waals surface area contributed by atoms with Crippen LogP contribution in [-0.4, -0.2) is 33.0 Å². The van der Waals surface area contributed by atoms with Gasteiger partial charge in [-0.05, 0) is 12.1 Å². The molecule has 0 saturated carbocycles. The van der Waals surface area contributed by atoms with Crippen LogP contribution in [0.25, 0.3) is 10.9 Å². The summed E-state index contributed by atoms with van der Waals surface area (Å²) in [4.78, 5) is 32.8. The Bertz CT molecular complexity index is 703. The van der Waals surface area contributed by atoms with Crippen LogP contribution in [0.1, 0.15) is 10.4 Å². The summed E-state index contributed by atoms with van der Waals surface area (Å²) < 4.78 is 0. The third-order valence-corrected chi connectivity index (χ3v) is 2.13. The normalized spacial score (nSPS) is 8.80. The summed E-state index contributed by atoms with van der Waals surface area (Å²) in [5.41, 5.74) is 6.53. The van der Waals surface area contributed by atoms with E-state index in [9.17, 15) is 14.4 Å². The number of carboxylic acids is 2. The molecule has 0 aliphatic rings. The van der Waals surface area contributed by atoms with Gasteiger partial charge in [-0.3, -0.25) is 4.79 Å². The van der Waals surface area contributed by atoms with Gasteiger partial charge >= 0.3 is 11.9 Å². The van der Waals surface area contributed by atoms with Crippen LogP contribution >= 0.6 is 0 Å². The van der Waals surface area contributed by atoms with Crippen molar-refractivity contribution in [2.24, 2.45) is 5.73 Å². The first kappa shape index (κ1) is 14.8. The molecular weight excluding hydrogens is 264 g/mol. The smallest absolute Gasteiger partial charge is 0.382 e. The number of primary amides is 1. The molecule has 20 heavy (non-hydrogen) atoms. The van der Waals surface area contributed by atoms with Gasteiger partial charge in [-0.15, -0.1) is 0 Å². The van der Waals surface area contributed by atoms with Gasteiger partial charge in [-0.25, -0.2) is 9.59 Å². The molecule has 1 amide bonds. The number of hydrogen-bond acceptors (Lipinski definition) is 3. The molecule has 0 aliphatic heterocycles. The first-order valence-electron chi connectivity index (χ1n) is 5.25. The highest BCUT2D eigenvalue weighted by Crippen LogP contribution is 2.15. The van der Waals surface area contributed by atoms with Crippen molar-refractivity contribution >= 4 is 28.7 Å². The summed E-state index contributed by atoms with van der Waals surface area (Å²) in [6, 6.07) is 7.36. The van der Waals surface area contributed by atoms with Gasteiger partial charge in [0.25, 0.3) is 5.91 Å². The Balaban J connectivity index is 0.000000221. The van der Waals surface area contributed by atoms with E-state index in [1.54, 1.807) is 12.3 Å². The third-order valence-electron chi connectivity index (χ3n) is 2.13. The third kappa shape index (κ3) is 4.19. The van der Waals surface area contributed by atoms with Gasteiger partial charge in [0.05, 0.1) is 11.1 Å². The molecule has 2 aromatic rings. The van der Waals surface area contributed by atoms with E-state index in [1.165, 1.54) is 11.8 Å². The van der Waals surface area contributed by atoms with Crippen LogP contribution in [-0.2, 0) is 9.59 Å². The number of aromatic amines is 1. The highest BCUT2D eigenvalue weighted by atomic mass is 16.4. The van der Waals surface area contributed by atoms with Gasteiger partial charge in [-0.1, -0.05) is 12.1 Å². The van der Waals surface area contributed by atoms with Crippen molar-refractivity contribution < 1.29 is 24.6 Å². The molecule has 0 fully saturated rings. The van der Waals surface area contributed by atoms with Gasteiger partial charge in [0.2, 0.25) is 0 Å². The summed E-state index contributed by atoms with van der Waals surface area (Å²) in [5.74, 6) is -0.451. The van der Waals surface area contributed by atoms with Crippen molar-refractivity contribution in [3.8, 4) is 11.8 Å². The summed E-state index contributed by atoms with van der Waals surface area (Å²) in [5, 5.41) is 16.5. The average molecular weight is 274 g/mol. The molecule has 0 unspecified atom stereocenters. The highest BCUT2D eigenvalue weighted by Gasteiger charge is 2.05. The number of benzene rings is 1. The fourth-order valence-electron chi connectivity index (χ4n) is 1.40. The minimum atomic E-state index is -1.44. The molecule has 1 heterocycles. The lowest BCUT2D eigenvalue weighted by Gasteiger charge is -1.96. The molecule has 1 aromatic heterocycles. The van der Waals surface area contributed by atoms with Gasteiger partial charge in [-0.2, -0.15) is 0 Å². The minimum absolute atomic E-state index is 0.400. The summed E-state index contributed by atoms with van der Waals surface area (Å²) in [6.45, 7) is 0. The average Bonchev–Trinajstić information content (AvgIpc) is 2.84. The standard InChI is InChI=1S/C9H8N2O.C4H2O4/c10-9(12)7-3-1-2-6-4-5-11-8(6)7;5-3(6)1-2-4(7)8/h1-5,11H,(H2,10,12);(H,5,6)(H,7,8). The Hall–Kier alpha value is -3.27. The number of H-pyrrole nitrogens is 1. The lowest BCUT2D eigenvalue weighted by atomic mass is 10.1. The Labute approximate surface area is 113 Å². The molecular formula is C13H10N2O5. The summed E-state index contributed by atoms with van der Waals surface area (Å²) in [6.07, 6.45) is 1.79. The second kappa shape index (κ2) is 6.61. The first-order chi connectivity index (χ1) is 9.41. The number of nitrogens with one attached hydrogen (secondary N) is 1. The predicted molar refractivity (Wildman–Crippen MR) is 69.9 cm³/mol. The molecule has 7 heteroatoms. The molecule has 102 valence electrons. The molecule has 2 rings (SSSR count). The van der Waals surface area contributed by atoms with Crippen molar-refractivity contribution in [2.45, 2.75) is 0 Å². The van der Waals surface area contributed by atoms with Gasteiger partial charge < -0.3 is 20.9 Å². The van der Waals surface area contributed by atoms with E-state index in [1.807, 2.05) is 18.2 Å². The van der Waals surface area contributed by atoms with Gasteiger partial charge in [0.1, 0.15) is 0 Å². The number of fused-ring (bicyclic) bond motifs is 1. The number of nitrogens with two attached hydrogens (primary N) is 1. The van der Waals surface area contributed by atoms with Crippen molar-refractivity contribution in [1.82, 2.24) is 4.98 Å². The van der Waals surface area contributed by atoms with E-state index in [0.717, 1.165) is 10.9 Å². The Kier molecular flexibility index (Phi) is 4.89. The molecule has 0 radical (unpaired) electrons. The van der Waals surface area contributed by atoms with Crippen LogP contribution in [0.5, 0.6) is 0 Å². The maximum atomic E-state index is 10.9. The zero-order valence-electron chi connectivity index (χ0n) is 10.1. The van der Waals surface area contributed by atoms with E-state index in [-0.39, 0.29) is 0 Å². The van der Waals surface area contributed by atoms with E-state index >= 15 is 0 Å². The van der Waals surface area contributed by atoms with E-state index < -0.39 is 17.8 Å². The minimum Gasteiger partial charge on any atom is -0.472 e. The molecule has 1 aromatic carbocycles. The molecule has 5 N–H and O–H groups in total. The fraction of sp³-hybridized carbons (Fsp3) is 0. The largest absolute Gasteiger partial charge is 0.472 e. The number of carboxylic acid groups (broad SMARTS) is 2. The van der Waals surface area contributed by atoms with Crippen LogP contribution in [0.15, 0.2) is 30.5 Å². The molecule has 0 atom stereocenters. The topological polar surface area (TPSA) is 133 Å². The lowest BCUT2D eigenvalue weighted by molar-refractivity contribution is -0.132. The number of rotatable bonds is 1. The molecule has 0 aliphatic carbocycles. The summed E-state index contributed by atoms with van der Waals surface area (Å²) in [7, 11) is 0. The Morgan fingerprint density at radius 1 is 1.05 bits per heavy atom. The van der Waals surface area contributed by atoms with Crippen molar-refractivity contribution in [2.75, 3.05) is 0 Å². The number of carbonyl (C=O) groups excluding carboxylic acids is 1. The van der Waals surface area contributed by atoms with Crippen LogP contribution in [0, 0.1) is 11.8 Å². The van der Waals surface area contributed by atoms with Crippen LogP contribution in [0.4, 0.5) is 0 Å². The number of hydrogen-bond donors (Lipinski definition) is 4. The number of amides is 1. The van der Waals surface area contributed by atoms with Crippen LogP contribution in [0.2, 0.25) is 0 Å². The van der Waals surface area contributed by atoms with E-state index in [0.29, 0.717) is 5.56 Å². The second-order valence-corrected chi connectivity index (χ2v) is 3.47. The lowest BCUT2D eigenvalue weighted by Crippen LogP contribution is -2.11. The Morgan fingerprint density at radius 2 is 1.65 bits per heavy atom. The molecule has 0 saturated heterocycles. The number of para-hydroxylation sites is 1. The zero-order chi connectivity index (χ0) is 15.1. The molecule has 7 nitrogen and oxygen atoms in total. The van der Waals surface area contributed by atoms with Crippen LogP contribution < -0.4 is 5.73 Å². The van der Waals surface area contributed by atoms with Crippen molar-refractivity contribution in [3.05, 3.63) is 36.0 Å². The summed E-state index contributed by atoms with van der Waals surface area (Å²) >= 11 is 0. The SMILES string of the molecule is NC(=O)c1cccc2cc[nH]c12.O=C(O)C#CC(=O)O. The number of aliphatic carboxylic acids is 2. The molecule has 0 spiro atoms. The zero-order valence-corrected chi connectivity index (χ0v) is 10.1. The Morgan fingerprint density at radius 3 is 2.15 bits per heavy atom. The van der Waals surface area contributed by atoms with E-state index in [2.05, 4.69) is 4.98 Å².